The number of hydrogen-bond acceptors (Lipinski definition) is 4. The first-order valence-corrected chi connectivity index (χ1v) is 9.77. The number of urea groups is 1. The van der Waals surface area contributed by atoms with E-state index in [1.165, 1.54) is 0 Å². The molecule has 0 radical (unpaired) electrons. The lowest BCUT2D eigenvalue weighted by molar-refractivity contribution is 0.185. The van der Waals surface area contributed by atoms with E-state index in [0.29, 0.717) is 32.8 Å². The second-order valence-electron chi connectivity index (χ2n) is 6.78. The SMILES string of the molecule is CCOc1ccccc1N1CCN(C(=O)NCc2ccc(COC)cc2)CC1. The van der Waals surface area contributed by atoms with Crippen LogP contribution in [0.4, 0.5) is 10.5 Å². The predicted molar refractivity (Wildman–Crippen MR) is 111 cm³/mol. The van der Waals surface area contributed by atoms with E-state index >= 15 is 0 Å². The average Bonchev–Trinajstić information content (AvgIpc) is 2.74. The lowest BCUT2D eigenvalue weighted by atomic mass is 10.1. The molecule has 1 saturated heterocycles. The second kappa shape index (κ2) is 9.99. The Balaban J connectivity index is 1.48. The number of amides is 2. The van der Waals surface area contributed by atoms with E-state index in [0.717, 1.165) is 35.7 Å². The minimum absolute atomic E-state index is 0.0151. The molecule has 1 aliphatic rings. The van der Waals surface area contributed by atoms with E-state index in [1.54, 1.807) is 7.11 Å². The van der Waals surface area contributed by atoms with Crippen LogP contribution in [0.5, 0.6) is 5.75 Å². The van der Waals surface area contributed by atoms with Gasteiger partial charge in [-0.15, -0.1) is 0 Å². The summed E-state index contributed by atoms with van der Waals surface area (Å²) in [5.74, 6) is 0.903. The van der Waals surface area contributed by atoms with Crippen molar-refractivity contribution in [2.24, 2.45) is 0 Å². The Labute approximate surface area is 167 Å². The fourth-order valence-corrected chi connectivity index (χ4v) is 3.36. The van der Waals surface area contributed by atoms with Gasteiger partial charge in [0, 0.05) is 39.8 Å². The number of para-hydroxylation sites is 2. The smallest absolute Gasteiger partial charge is 0.317 e. The zero-order valence-corrected chi connectivity index (χ0v) is 16.7. The van der Waals surface area contributed by atoms with Crippen LogP contribution < -0.4 is 15.0 Å². The fourth-order valence-electron chi connectivity index (χ4n) is 3.36. The largest absolute Gasteiger partial charge is 0.492 e. The number of hydrogen-bond donors (Lipinski definition) is 1. The monoisotopic (exact) mass is 383 g/mol. The number of ether oxygens (including phenoxy) is 2. The van der Waals surface area contributed by atoms with Crippen LogP contribution in [0.2, 0.25) is 0 Å². The lowest BCUT2D eigenvalue weighted by Crippen LogP contribution is -2.51. The molecule has 1 N–H and O–H groups in total. The summed E-state index contributed by atoms with van der Waals surface area (Å²) in [6, 6.07) is 16.2. The van der Waals surface area contributed by atoms with E-state index in [-0.39, 0.29) is 6.03 Å². The van der Waals surface area contributed by atoms with Gasteiger partial charge in [0.1, 0.15) is 5.75 Å². The molecule has 0 spiro atoms. The molecule has 6 heteroatoms. The fraction of sp³-hybridized carbons (Fsp3) is 0.409. The van der Waals surface area contributed by atoms with Gasteiger partial charge in [-0.3, -0.25) is 0 Å². The molecule has 1 heterocycles. The van der Waals surface area contributed by atoms with Crippen LogP contribution in [-0.4, -0.2) is 50.8 Å². The van der Waals surface area contributed by atoms with Gasteiger partial charge in [-0.25, -0.2) is 4.79 Å². The van der Waals surface area contributed by atoms with Gasteiger partial charge in [0.2, 0.25) is 0 Å². The third-order valence-electron chi connectivity index (χ3n) is 4.85. The van der Waals surface area contributed by atoms with E-state index in [4.69, 9.17) is 9.47 Å². The highest BCUT2D eigenvalue weighted by Crippen LogP contribution is 2.28. The van der Waals surface area contributed by atoms with Gasteiger partial charge in [0.25, 0.3) is 0 Å². The quantitative estimate of drug-likeness (QED) is 0.797. The number of piperazine rings is 1. The Hall–Kier alpha value is -2.73. The normalized spacial score (nSPS) is 14.1. The van der Waals surface area contributed by atoms with Crippen molar-refractivity contribution < 1.29 is 14.3 Å². The predicted octanol–water partition coefficient (Wildman–Crippen LogP) is 3.26. The number of nitrogens with zero attached hydrogens (tertiary/aromatic N) is 2. The maximum atomic E-state index is 12.5. The second-order valence-corrected chi connectivity index (χ2v) is 6.78. The lowest BCUT2D eigenvalue weighted by Gasteiger charge is -2.36. The topological polar surface area (TPSA) is 54.0 Å². The van der Waals surface area contributed by atoms with Gasteiger partial charge < -0.3 is 24.6 Å². The molecule has 0 aromatic heterocycles. The first-order valence-electron chi connectivity index (χ1n) is 9.77. The molecule has 0 unspecified atom stereocenters. The van der Waals surface area contributed by atoms with Crippen LogP contribution >= 0.6 is 0 Å². The molecule has 1 fully saturated rings. The third kappa shape index (κ3) is 5.16. The summed E-state index contributed by atoms with van der Waals surface area (Å²) in [4.78, 5) is 16.7. The molecule has 6 nitrogen and oxygen atoms in total. The number of benzene rings is 2. The highest BCUT2D eigenvalue weighted by atomic mass is 16.5. The number of carbonyl (C=O) groups excluding carboxylic acids is 1. The number of methoxy groups -OCH3 is 1. The van der Waals surface area contributed by atoms with Crippen molar-refractivity contribution in [2.45, 2.75) is 20.1 Å². The minimum Gasteiger partial charge on any atom is -0.492 e. The van der Waals surface area contributed by atoms with Crippen molar-refractivity contribution in [2.75, 3.05) is 44.8 Å². The molecule has 150 valence electrons. The van der Waals surface area contributed by atoms with Crippen molar-refractivity contribution in [1.82, 2.24) is 10.2 Å². The third-order valence-corrected chi connectivity index (χ3v) is 4.85. The van der Waals surface area contributed by atoms with Crippen LogP contribution in [0.25, 0.3) is 0 Å². The summed E-state index contributed by atoms with van der Waals surface area (Å²) < 4.78 is 10.9. The van der Waals surface area contributed by atoms with E-state index in [9.17, 15) is 4.79 Å². The number of anilines is 1. The molecule has 2 aromatic carbocycles. The number of nitrogens with one attached hydrogen (secondary N) is 1. The summed E-state index contributed by atoms with van der Waals surface area (Å²) in [6.45, 7) is 6.74. The molecule has 3 rings (SSSR count). The van der Waals surface area contributed by atoms with Gasteiger partial charge in [0.05, 0.1) is 18.9 Å². The first kappa shape index (κ1) is 20.0. The Kier molecular flexibility index (Phi) is 7.14. The number of carbonyl (C=O) groups is 1. The summed E-state index contributed by atoms with van der Waals surface area (Å²) in [7, 11) is 1.68. The highest BCUT2D eigenvalue weighted by Gasteiger charge is 2.22. The first-order chi connectivity index (χ1) is 13.7. The van der Waals surface area contributed by atoms with Crippen molar-refractivity contribution in [3.8, 4) is 5.75 Å². The summed E-state index contributed by atoms with van der Waals surface area (Å²) in [6.07, 6.45) is 0. The van der Waals surface area contributed by atoms with Crippen LogP contribution in [0.15, 0.2) is 48.5 Å². The van der Waals surface area contributed by atoms with Gasteiger partial charge in [-0.1, -0.05) is 36.4 Å². The van der Waals surface area contributed by atoms with E-state index in [1.807, 2.05) is 54.3 Å². The molecule has 2 aromatic rings. The van der Waals surface area contributed by atoms with Gasteiger partial charge in [-0.05, 0) is 30.2 Å². The molecular formula is C22H29N3O3. The zero-order valence-electron chi connectivity index (χ0n) is 16.7. The molecule has 0 aliphatic carbocycles. The molecule has 0 bridgehead atoms. The van der Waals surface area contributed by atoms with Crippen molar-refractivity contribution >= 4 is 11.7 Å². The van der Waals surface area contributed by atoms with Gasteiger partial charge >= 0.3 is 6.03 Å². The van der Waals surface area contributed by atoms with Crippen LogP contribution in [-0.2, 0) is 17.9 Å². The minimum atomic E-state index is -0.0151. The Morgan fingerprint density at radius 2 is 1.68 bits per heavy atom. The molecule has 28 heavy (non-hydrogen) atoms. The molecule has 0 saturated carbocycles. The molecular weight excluding hydrogens is 354 g/mol. The Bertz CT molecular complexity index is 756. The molecule has 0 atom stereocenters. The van der Waals surface area contributed by atoms with Gasteiger partial charge in [0.15, 0.2) is 0 Å². The summed E-state index contributed by atoms with van der Waals surface area (Å²) in [5.41, 5.74) is 3.30. The van der Waals surface area contributed by atoms with Crippen molar-refractivity contribution in [3.63, 3.8) is 0 Å². The summed E-state index contributed by atoms with van der Waals surface area (Å²) >= 11 is 0. The maximum absolute atomic E-state index is 12.5. The van der Waals surface area contributed by atoms with Crippen molar-refractivity contribution in [3.05, 3.63) is 59.7 Å². The van der Waals surface area contributed by atoms with Crippen LogP contribution in [0.1, 0.15) is 18.1 Å². The van der Waals surface area contributed by atoms with Gasteiger partial charge in [-0.2, -0.15) is 0 Å². The average molecular weight is 383 g/mol. The Morgan fingerprint density at radius 1 is 1.00 bits per heavy atom. The van der Waals surface area contributed by atoms with E-state index < -0.39 is 0 Å². The Morgan fingerprint density at radius 3 is 2.36 bits per heavy atom. The number of rotatable bonds is 7. The van der Waals surface area contributed by atoms with Crippen molar-refractivity contribution in [1.29, 1.82) is 0 Å². The van der Waals surface area contributed by atoms with Crippen LogP contribution in [0.3, 0.4) is 0 Å². The van der Waals surface area contributed by atoms with E-state index in [2.05, 4.69) is 16.3 Å². The van der Waals surface area contributed by atoms with Crippen LogP contribution in [0, 0.1) is 0 Å². The highest BCUT2D eigenvalue weighted by molar-refractivity contribution is 5.74. The standard InChI is InChI=1S/C22H29N3O3/c1-3-28-21-7-5-4-6-20(21)24-12-14-25(15-13-24)22(26)23-16-18-8-10-19(11-9-18)17-27-2/h4-11H,3,12-17H2,1-2H3,(H,23,26). The molecule has 2 amide bonds. The summed E-state index contributed by atoms with van der Waals surface area (Å²) in [5, 5.41) is 3.02. The molecule has 1 aliphatic heterocycles. The zero-order chi connectivity index (χ0) is 19.8. The maximum Gasteiger partial charge on any atom is 0.317 e.